The van der Waals surface area contributed by atoms with Gasteiger partial charge in [-0.25, -0.2) is 8.78 Å². The Morgan fingerprint density at radius 2 is 1.80 bits per heavy atom. The minimum Gasteiger partial charge on any atom is -0.339 e. The van der Waals surface area contributed by atoms with Crippen molar-refractivity contribution in [2.45, 2.75) is 37.6 Å². The fraction of sp³-hybridized carbons (Fsp3) is 0.429. The Kier molecular flexibility index (Phi) is 3.25. The van der Waals surface area contributed by atoms with Crippen molar-refractivity contribution in [3.63, 3.8) is 0 Å². The first-order chi connectivity index (χ1) is 9.54. The van der Waals surface area contributed by atoms with Gasteiger partial charge in [-0.1, -0.05) is 18.0 Å². The van der Waals surface area contributed by atoms with Gasteiger partial charge in [0, 0.05) is 23.6 Å². The number of benzene rings is 1. The normalized spacial score (nSPS) is 17.6. The first-order valence-electron chi connectivity index (χ1n) is 6.62. The summed E-state index contributed by atoms with van der Waals surface area (Å²) in [5.74, 6) is -0.746. The number of rotatable bonds is 3. The first-order valence-corrected chi connectivity index (χ1v) is 6.62. The van der Waals surface area contributed by atoms with Crippen molar-refractivity contribution >= 4 is 0 Å². The van der Waals surface area contributed by atoms with E-state index in [1.165, 1.54) is 12.1 Å². The van der Waals surface area contributed by atoms with Gasteiger partial charge in [0.1, 0.15) is 11.6 Å². The summed E-state index contributed by atoms with van der Waals surface area (Å²) in [4.78, 5) is 4.18. The van der Waals surface area contributed by atoms with Gasteiger partial charge < -0.3 is 10.3 Å². The molecule has 106 valence electrons. The summed E-state index contributed by atoms with van der Waals surface area (Å²) < 4.78 is 31.5. The second kappa shape index (κ2) is 4.94. The first kappa shape index (κ1) is 13.2. The van der Waals surface area contributed by atoms with Gasteiger partial charge >= 0.3 is 0 Å². The van der Waals surface area contributed by atoms with Gasteiger partial charge in [-0.3, -0.25) is 0 Å². The molecule has 2 N–H and O–H groups in total. The van der Waals surface area contributed by atoms with E-state index in [0.29, 0.717) is 12.3 Å². The molecule has 1 aliphatic carbocycles. The van der Waals surface area contributed by atoms with Crippen LogP contribution in [0.25, 0.3) is 11.4 Å². The van der Waals surface area contributed by atoms with Crippen LogP contribution in [0.3, 0.4) is 0 Å². The topological polar surface area (TPSA) is 64.9 Å². The summed E-state index contributed by atoms with van der Waals surface area (Å²) in [6.45, 7) is 0. The molecule has 4 nitrogen and oxygen atoms in total. The molecule has 1 saturated carbocycles. The molecule has 1 fully saturated rings. The molecule has 0 bridgehead atoms. The smallest absolute Gasteiger partial charge is 0.228 e. The SMILES string of the molecule is NC1(Cc2nc(-c3cc(F)cc(F)c3)no2)CCCC1. The second-order valence-corrected chi connectivity index (χ2v) is 5.42. The van der Waals surface area contributed by atoms with Gasteiger partial charge in [-0.05, 0) is 25.0 Å². The average molecular weight is 279 g/mol. The maximum Gasteiger partial charge on any atom is 0.228 e. The molecule has 20 heavy (non-hydrogen) atoms. The number of nitrogens with zero attached hydrogens (tertiary/aromatic N) is 2. The van der Waals surface area contributed by atoms with Crippen molar-refractivity contribution in [2.24, 2.45) is 5.73 Å². The van der Waals surface area contributed by atoms with E-state index in [0.717, 1.165) is 31.7 Å². The zero-order chi connectivity index (χ0) is 14.2. The largest absolute Gasteiger partial charge is 0.339 e. The quantitative estimate of drug-likeness (QED) is 0.938. The van der Waals surface area contributed by atoms with E-state index in [1.54, 1.807) is 0 Å². The molecular weight excluding hydrogens is 264 g/mol. The van der Waals surface area contributed by atoms with Crippen LogP contribution < -0.4 is 5.73 Å². The molecule has 0 aliphatic heterocycles. The average Bonchev–Trinajstić information content (AvgIpc) is 2.98. The van der Waals surface area contributed by atoms with E-state index in [9.17, 15) is 8.78 Å². The molecule has 0 amide bonds. The van der Waals surface area contributed by atoms with Crippen molar-refractivity contribution in [3.05, 3.63) is 35.7 Å². The third-order valence-electron chi connectivity index (χ3n) is 3.69. The Morgan fingerprint density at radius 1 is 1.15 bits per heavy atom. The molecule has 1 heterocycles. The van der Waals surface area contributed by atoms with Gasteiger partial charge in [0.25, 0.3) is 0 Å². The van der Waals surface area contributed by atoms with Crippen molar-refractivity contribution < 1.29 is 13.3 Å². The summed E-state index contributed by atoms with van der Waals surface area (Å²) in [7, 11) is 0. The summed E-state index contributed by atoms with van der Waals surface area (Å²) in [5, 5.41) is 3.77. The second-order valence-electron chi connectivity index (χ2n) is 5.42. The molecule has 0 saturated heterocycles. The third-order valence-corrected chi connectivity index (χ3v) is 3.69. The number of hydrogen-bond donors (Lipinski definition) is 1. The Bertz CT molecular complexity index is 600. The molecule has 0 unspecified atom stereocenters. The van der Waals surface area contributed by atoms with Crippen LogP contribution >= 0.6 is 0 Å². The van der Waals surface area contributed by atoms with Crippen molar-refractivity contribution in [1.29, 1.82) is 0 Å². The van der Waals surface area contributed by atoms with Gasteiger partial charge in [-0.15, -0.1) is 0 Å². The van der Waals surface area contributed by atoms with Crippen molar-refractivity contribution in [3.8, 4) is 11.4 Å². The monoisotopic (exact) mass is 279 g/mol. The highest BCUT2D eigenvalue weighted by Gasteiger charge is 2.31. The molecule has 0 atom stereocenters. The van der Waals surface area contributed by atoms with Gasteiger partial charge in [0.15, 0.2) is 0 Å². The lowest BCUT2D eigenvalue weighted by atomic mass is 9.95. The summed E-state index contributed by atoms with van der Waals surface area (Å²) in [6, 6.07) is 3.15. The number of nitrogens with two attached hydrogens (primary N) is 1. The molecule has 2 aromatic rings. The van der Waals surface area contributed by atoms with E-state index in [1.807, 2.05) is 0 Å². The Labute approximate surface area is 115 Å². The highest BCUT2D eigenvalue weighted by atomic mass is 19.1. The lowest BCUT2D eigenvalue weighted by molar-refractivity contribution is 0.329. The predicted octanol–water partition coefficient (Wildman–Crippen LogP) is 2.83. The fourth-order valence-corrected chi connectivity index (χ4v) is 2.68. The Morgan fingerprint density at radius 3 is 2.45 bits per heavy atom. The van der Waals surface area contributed by atoms with Crippen LogP contribution in [0.2, 0.25) is 0 Å². The zero-order valence-corrected chi connectivity index (χ0v) is 10.9. The highest BCUT2D eigenvalue weighted by Crippen LogP contribution is 2.30. The fourth-order valence-electron chi connectivity index (χ4n) is 2.68. The molecule has 6 heteroatoms. The molecule has 1 aromatic heterocycles. The van der Waals surface area contributed by atoms with E-state index < -0.39 is 11.6 Å². The minimum absolute atomic E-state index is 0.181. The molecule has 0 radical (unpaired) electrons. The van der Waals surface area contributed by atoms with Crippen LogP contribution in [0.1, 0.15) is 31.6 Å². The standard InChI is InChI=1S/C14H15F2N3O/c15-10-5-9(6-11(16)7-10)13-18-12(20-19-13)8-14(17)3-1-2-4-14/h5-7H,1-4,8,17H2. The number of aromatic nitrogens is 2. The maximum atomic E-state index is 13.2. The Balaban J connectivity index is 1.82. The maximum absolute atomic E-state index is 13.2. The van der Waals surface area contributed by atoms with Crippen LogP contribution in [0.15, 0.2) is 22.7 Å². The molecule has 1 aromatic carbocycles. The van der Waals surface area contributed by atoms with Gasteiger partial charge in [0.05, 0.1) is 0 Å². The van der Waals surface area contributed by atoms with Gasteiger partial charge in [0.2, 0.25) is 11.7 Å². The zero-order valence-electron chi connectivity index (χ0n) is 10.9. The van der Waals surface area contributed by atoms with E-state index in [-0.39, 0.29) is 16.9 Å². The minimum atomic E-state index is -0.669. The van der Waals surface area contributed by atoms with Gasteiger partial charge in [-0.2, -0.15) is 4.98 Å². The lowest BCUT2D eigenvalue weighted by Crippen LogP contribution is -2.38. The molecule has 0 spiro atoms. The van der Waals surface area contributed by atoms with Crippen molar-refractivity contribution in [1.82, 2.24) is 10.1 Å². The third kappa shape index (κ3) is 2.70. The number of halogens is 2. The Hall–Kier alpha value is -1.82. The van der Waals surface area contributed by atoms with Crippen molar-refractivity contribution in [2.75, 3.05) is 0 Å². The summed E-state index contributed by atoms with van der Waals surface area (Å²) >= 11 is 0. The van der Waals surface area contributed by atoms with E-state index >= 15 is 0 Å². The summed E-state index contributed by atoms with van der Waals surface area (Å²) in [6.07, 6.45) is 4.57. The highest BCUT2D eigenvalue weighted by molar-refractivity contribution is 5.54. The van der Waals surface area contributed by atoms with Crippen LogP contribution in [-0.2, 0) is 6.42 Å². The number of hydrogen-bond acceptors (Lipinski definition) is 4. The van der Waals surface area contributed by atoms with Crippen LogP contribution in [-0.4, -0.2) is 15.7 Å². The van der Waals surface area contributed by atoms with E-state index in [2.05, 4.69) is 10.1 Å². The molecule has 1 aliphatic rings. The summed E-state index contributed by atoms with van der Waals surface area (Å²) in [5.41, 5.74) is 6.20. The molecular formula is C14H15F2N3O. The van der Waals surface area contributed by atoms with E-state index in [4.69, 9.17) is 10.3 Å². The predicted molar refractivity (Wildman–Crippen MR) is 68.7 cm³/mol. The van der Waals surface area contributed by atoms with Crippen LogP contribution in [0, 0.1) is 11.6 Å². The lowest BCUT2D eigenvalue weighted by Gasteiger charge is -2.20. The van der Waals surface area contributed by atoms with Crippen LogP contribution in [0.4, 0.5) is 8.78 Å². The van der Waals surface area contributed by atoms with Crippen LogP contribution in [0.5, 0.6) is 0 Å². The molecule has 3 rings (SSSR count).